The van der Waals surface area contributed by atoms with Gasteiger partial charge in [0.25, 0.3) is 0 Å². The highest BCUT2D eigenvalue weighted by atomic mass is 32.1. The average molecular weight is 270 g/mol. The van der Waals surface area contributed by atoms with Gasteiger partial charge in [0.1, 0.15) is 0 Å². The molecule has 1 aromatic carbocycles. The second kappa shape index (κ2) is 5.46. The quantitative estimate of drug-likeness (QED) is 0.889. The molecule has 0 fully saturated rings. The van der Waals surface area contributed by atoms with Crippen molar-refractivity contribution in [3.63, 3.8) is 0 Å². The summed E-state index contributed by atoms with van der Waals surface area (Å²) in [5.74, 6) is 0. The summed E-state index contributed by atoms with van der Waals surface area (Å²) in [6, 6.07) is 12.6. The molecule has 0 radical (unpaired) electrons. The Morgan fingerprint density at radius 2 is 1.89 bits per heavy atom. The molecule has 1 aromatic heterocycles. The molecular weight excluding hydrogens is 252 g/mol. The Bertz CT molecular complexity index is 588. The highest BCUT2D eigenvalue weighted by Gasteiger charge is 2.18. The fraction of sp³-hybridized carbons (Fsp3) is 0.312. The zero-order chi connectivity index (χ0) is 13.9. The van der Waals surface area contributed by atoms with Crippen LogP contribution < -0.4 is 5.32 Å². The van der Waals surface area contributed by atoms with Crippen LogP contribution >= 0.6 is 11.3 Å². The van der Waals surface area contributed by atoms with Crippen molar-refractivity contribution in [2.45, 2.75) is 32.7 Å². The van der Waals surface area contributed by atoms with Crippen molar-refractivity contribution in [1.29, 1.82) is 5.26 Å². The minimum absolute atomic E-state index is 0.428. The molecule has 2 nitrogen and oxygen atoms in total. The second-order valence-electron chi connectivity index (χ2n) is 5.19. The summed E-state index contributed by atoms with van der Waals surface area (Å²) in [5, 5.41) is 14.6. The van der Waals surface area contributed by atoms with Gasteiger partial charge in [0, 0.05) is 17.1 Å². The van der Waals surface area contributed by atoms with Crippen LogP contribution in [0.15, 0.2) is 35.7 Å². The Morgan fingerprint density at radius 1 is 1.21 bits per heavy atom. The first kappa shape index (κ1) is 13.6. The summed E-state index contributed by atoms with van der Waals surface area (Å²) in [6.45, 7) is 6.85. The van der Waals surface area contributed by atoms with Crippen molar-refractivity contribution in [3.05, 3.63) is 51.7 Å². The normalized spacial score (nSPS) is 11.1. The van der Waals surface area contributed by atoms with Crippen molar-refractivity contribution in [2.24, 2.45) is 0 Å². The predicted octanol–water partition coefficient (Wildman–Crippen LogP) is 4.47. The molecule has 0 aliphatic carbocycles. The van der Waals surface area contributed by atoms with Crippen LogP contribution in [0.25, 0.3) is 0 Å². The van der Waals surface area contributed by atoms with Gasteiger partial charge in [-0.15, -0.1) is 11.3 Å². The maximum atomic E-state index is 9.11. The van der Waals surface area contributed by atoms with Gasteiger partial charge in [0.05, 0.1) is 11.5 Å². The number of thiophene rings is 1. The number of nitrogens with zero attached hydrogens (tertiary/aromatic N) is 1. The van der Waals surface area contributed by atoms with Gasteiger partial charge in [0.2, 0.25) is 0 Å². The van der Waals surface area contributed by atoms with E-state index in [9.17, 15) is 0 Å². The van der Waals surface area contributed by atoms with Crippen molar-refractivity contribution in [3.8, 4) is 6.07 Å². The van der Waals surface area contributed by atoms with E-state index in [4.69, 9.17) is 5.26 Å². The van der Waals surface area contributed by atoms with Crippen LogP contribution in [0.3, 0.4) is 0 Å². The first-order chi connectivity index (χ1) is 9.03. The molecule has 0 atom stereocenters. The molecule has 1 heterocycles. The number of anilines is 1. The predicted molar refractivity (Wildman–Crippen MR) is 81.5 cm³/mol. The summed E-state index contributed by atoms with van der Waals surface area (Å²) in [7, 11) is 0. The van der Waals surface area contributed by atoms with Crippen molar-refractivity contribution in [1.82, 2.24) is 0 Å². The number of hydrogen-bond donors (Lipinski definition) is 1. The van der Waals surface area contributed by atoms with Crippen LogP contribution in [0, 0.1) is 18.3 Å². The van der Waals surface area contributed by atoms with Gasteiger partial charge in [0.15, 0.2) is 0 Å². The Balaban J connectivity index is 2.04. The maximum absolute atomic E-state index is 9.11. The zero-order valence-corrected chi connectivity index (χ0v) is 12.3. The molecule has 3 heteroatoms. The Morgan fingerprint density at radius 3 is 2.42 bits per heavy atom. The van der Waals surface area contributed by atoms with E-state index in [-0.39, 0.29) is 0 Å². The SMILES string of the molecule is Cc1ccsc1CNc1ccc(C(C)(C)C#N)cc1. The van der Waals surface area contributed by atoms with Crippen LogP contribution in [-0.4, -0.2) is 0 Å². The van der Waals surface area contributed by atoms with E-state index in [2.05, 4.69) is 29.8 Å². The molecule has 0 unspecified atom stereocenters. The summed E-state index contributed by atoms with van der Waals surface area (Å²) >= 11 is 1.77. The summed E-state index contributed by atoms with van der Waals surface area (Å²) in [4.78, 5) is 1.36. The first-order valence-corrected chi connectivity index (χ1v) is 7.19. The smallest absolute Gasteiger partial charge is 0.0766 e. The van der Waals surface area contributed by atoms with E-state index in [1.807, 2.05) is 38.1 Å². The maximum Gasteiger partial charge on any atom is 0.0766 e. The average Bonchev–Trinajstić information content (AvgIpc) is 2.82. The lowest BCUT2D eigenvalue weighted by molar-refractivity contribution is 0.687. The lowest BCUT2D eigenvalue weighted by Crippen LogP contribution is -2.13. The summed E-state index contributed by atoms with van der Waals surface area (Å²) in [6.07, 6.45) is 0. The Kier molecular flexibility index (Phi) is 3.92. The molecule has 0 bridgehead atoms. The van der Waals surface area contributed by atoms with E-state index in [1.54, 1.807) is 11.3 Å². The molecule has 0 aliphatic rings. The third-order valence-corrected chi connectivity index (χ3v) is 4.33. The van der Waals surface area contributed by atoms with E-state index in [0.29, 0.717) is 0 Å². The number of nitriles is 1. The van der Waals surface area contributed by atoms with Crippen LogP contribution in [0.2, 0.25) is 0 Å². The van der Waals surface area contributed by atoms with Crippen LogP contribution in [0.1, 0.15) is 29.9 Å². The summed E-state index contributed by atoms with van der Waals surface area (Å²) < 4.78 is 0. The number of rotatable bonds is 4. The molecule has 1 N–H and O–H groups in total. The lowest BCUT2D eigenvalue weighted by atomic mass is 9.86. The minimum Gasteiger partial charge on any atom is -0.380 e. The zero-order valence-electron chi connectivity index (χ0n) is 11.5. The van der Waals surface area contributed by atoms with Gasteiger partial charge < -0.3 is 5.32 Å². The third kappa shape index (κ3) is 3.15. The highest BCUT2D eigenvalue weighted by Crippen LogP contribution is 2.24. The van der Waals surface area contributed by atoms with Gasteiger partial charge >= 0.3 is 0 Å². The Hall–Kier alpha value is -1.79. The molecule has 0 aliphatic heterocycles. The molecule has 0 amide bonds. The van der Waals surface area contributed by atoms with Crippen molar-refractivity contribution < 1.29 is 0 Å². The van der Waals surface area contributed by atoms with E-state index < -0.39 is 5.41 Å². The number of nitrogens with one attached hydrogen (secondary N) is 1. The van der Waals surface area contributed by atoms with Gasteiger partial charge in [-0.1, -0.05) is 12.1 Å². The van der Waals surface area contributed by atoms with Crippen molar-refractivity contribution in [2.75, 3.05) is 5.32 Å². The molecule has 2 aromatic rings. The fourth-order valence-corrected chi connectivity index (χ4v) is 2.68. The van der Waals surface area contributed by atoms with Crippen LogP contribution in [0.4, 0.5) is 5.69 Å². The van der Waals surface area contributed by atoms with Crippen LogP contribution in [-0.2, 0) is 12.0 Å². The van der Waals surface area contributed by atoms with E-state index in [1.165, 1.54) is 10.4 Å². The van der Waals surface area contributed by atoms with Gasteiger partial charge in [-0.05, 0) is 55.5 Å². The van der Waals surface area contributed by atoms with E-state index >= 15 is 0 Å². The van der Waals surface area contributed by atoms with Crippen LogP contribution in [0.5, 0.6) is 0 Å². The summed E-state index contributed by atoms with van der Waals surface area (Å²) in [5.41, 5.74) is 3.04. The molecule has 0 spiro atoms. The molecule has 19 heavy (non-hydrogen) atoms. The molecular formula is C16H18N2S. The third-order valence-electron chi connectivity index (χ3n) is 3.31. The molecule has 0 saturated heterocycles. The molecule has 2 rings (SSSR count). The topological polar surface area (TPSA) is 35.8 Å². The molecule has 98 valence electrons. The number of benzene rings is 1. The number of hydrogen-bond acceptors (Lipinski definition) is 3. The molecule has 0 saturated carbocycles. The number of aryl methyl sites for hydroxylation is 1. The lowest BCUT2D eigenvalue weighted by Gasteiger charge is -2.16. The minimum atomic E-state index is -0.428. The fourth-order valence-electron chi connectivity index (χ4n) is 1.84. The monoisotopic (exact) mass is 270 g/mol. The highest BCUT2D eigenvalue weighted by molar-refractivity contribution is 7.10. The van der Waals surface area contributed by atoms with Crippen molar-refractivity contribution >= 4 is 17.0 Å². The van der Waals surface area contributed by atoms with Gasteiger partial charge in [-0.3, -0.25) is 0 Å². The first-order valence-electron chi connectivity index (χ1n) is 6.31. The van der Waals surface area contributed by atoms with Gasteiger partial charge in [-0.25, -0.2) is 0 Å². The Labute approximate surface area is 118 Å². The second-order valence-corrected chi connectivity index (χ2v) is 6.20. The largest absolute Gasteiger partial charge is 0.380 e. The standard InChI is InChI=1S/C16H18N2S/c1-12-8-9-19-15(12)10-18-14-6-4-13(5-7-14)16(2,3)11-17/h4-9,18H,10H2,1-3H3. The van der Waals surface area contributed by atoms with E-state index in [0.717, 1.165) is 17.8 Å². The van der Waals surface area contributed by atoms with Gasteiger partial charge in [-0.2, -0.15) is 5.26 Å².